The van der Waals surface area contributed by atoms with Crippen molar-refractivity contribution in [2.75, 3.05) is 12.5 Å². The van der Waals surface area contributed by atoms with Crippen LogP contribution in [0.3, 0.4) is 0 Å². The minimum Gasteiger partial charge on any atom is -0.323 e. The van der Waals surface area contributed by atoms with Crippen LogP contribution in [0.5, 0.6) is 0 Å². The lowest BCUT2D eigenvalue weighted by molar-refractivity contribution is 0.316. The van der Waals surface area contributed by atoms with Crippen molar-refractivity contribution >= 4 is 15.7 Å². The van der Waals surface area contributed by atoms with E-state index in [0.29, 0.717) is 5.69 Å². The van der Waals surface area contributed by atoms with Crippen molar-refractivity contribution in [3.8, 4) is 0 Å². The van der Waals surface area contributed by atoms with E-state index in [1.165, 1.54) is 4.31 Å². The normalized spacial score (nSPS) is 13.9. The van der Waals surface area contributed by atoms with Gasteiger partial charge in [-0.15, -0.1) is 0 Å². The third-order valence-corrected chi connectivity index (χ3v) is 5.24. The summed E-state index contributed by atoms with van der Waals surface area (Å²) in [7, 11) is -1.94. The molecule has 0 spiro atoms. The molecule has 0 aliphatic carbocycles. The molecule has 0 aliphatic heterocycles. The SMILES string of the molecule is CC(C)C(C)N(C)S(=O)(=O)c1ccccc1NN. The Morgan fingerprint density at radius 3 is 2.28 bits per heavy atom. The van der Waals surface area contributed by atoms with Gasteiger partial charge in [0.1, 0.15) is 4.90 Å². The summed E-state index contributed by atoms with van der Waals surface area (Å²) in [5.74, 6) is 5.59. The summed E-state index contributed by atoms with van der Waals surface area (Å²) in [5.41, 5.74) is 2.82. The summed E-state index contributed by atoms with van der Waals surface area (Å²) >= 11 is 0. The number of rotatable bonds is 5. The largest absolute Gasteiger partial charge is 0.323 e. The van der Waals surface area contributed by atoms with Gasteiger partial charge in [-0.05, 0) is 25.0 Å². The molecule has 0 fully saturated rings. The van der Waals surface area contributed by atoms with Crippen LogP contribution in [0.25, 0.3) is 0 Å². The Bertz CT molecular complexity index is 500. The van der Waals surface area contributed by atoms with Crippen LogP contribution in [-0.2, 0) is 10.0 Å². The predicted molar refractivity (Wildman–Crippen MR) is 73.5 cm³/mol. The maximum absolute atomic E-state index is 12.5. The maximum Gasteiger partial charge on any atom is 0.245 e. The zero-order chi connectivity index (χ0) is 13.9. The van der Waals surface area contributed by atoms with Gasteiger partial charge in [0.05, 0.1) is 5.69 Å². The number of hydrazine groups is 1. The molecule has 1 unspecified atom stereocenters. The van der Waals surface area contributed by atoms with E-state index in [2.05, 4.69) is 5.43 Å². The molecule has 5 nitrogen and oxygen atoms in total. The molecule has 0 heterocycles. The van der Waals surface area contributed by atoms with Crippen LogP contribution in [0, 0.1) is 5.92 Å². The first-order valence-corrected chi connectivity index (χ1v) is 7.30. The molecule has 6 heteroatoms. The maximum atomic E-state index is 12.5. The van der Waals surface area contributed by atoms with E-state index in [1.807, 2.05) is 20.8 Å². The monoisotopic (exact) mass is 271 g/mol. The van der Waals surface area contributed by atoms with Crippen LogP contribution in [0.2, 0.25) is 0 Å². The first-order chi connectivity index (χ1) is 8.32. The number of sulfonamides is 1. The van der Waals surface area contributed by atoms with Gasteiger partial charge < -0.3 is 5.43 Å². The molecule has 1 rings (SSSR count). The third kappa shape index (κ3) is 2.82. The standard InChI is InChI=1S/C12H21N3O2S/c1-9(2)10(3)15(4)18(16,17)12-8-6-5-7-11(12)14-13/h5-10,14H,13H2,1-4H3. The fraction of sp³-hybridized carbons (Fsp3) is 0.500. The van der Waals surface area contributed by atoms with Gasteiger partial charge in [-0.1, -0.05) is 26.0 Å². The van der Waals surface area contributed by atoms with Crippen molar-refractivity contribution in [2.45, 2.75) is 31.7 Å². The number of nitrogens with zero attached hydrogens (tertiary/aromatic N) is 1. The smallest absolute Gasteiger partial charge is 0.245 e. The second kappa shape index (κ2) is 5.69. The molecule has 0 amide bonds. The average Bonchev–Trinajstić information content (AvgIpc) is 2.36. The second-order valence-corrected chi connectivity index (χ2v) is 6.61. The highest BCUT2D eigenvalue weighted by atomic mass is 32.2. The summed E-state index contributed by atoms with van der Waals surface area (Å²) in [4.78, 5) is 0.197. The molecular formula is C12H21N3O2S. The summed E-state index contributed by atoms with van der Waals surface area (Å²) in [5, 5.41) is 0. The van der Waals surface area contributed by atoms with Crippen molar-refractivity contribution in [1.82, 2.24) is 4.31 Å². The molecule has 1 atom stereocenters. The van der Waals surface area contributed by atoms with E-state index < -0.39 is 10.0 Å². The molecule has 0 aliphatic rings. The van der Waals surface area contributed by atoms with Crippen LogP contribution in [0.15, 0.2) is 29.2 Å². The zero-order valence-corrected chi connectivity index (χ0v) is 12.0. The first-order valence-electron chi connectivity index (χ1n) is 5.86. The third-order valence-electron chi connectivity index (χ3n) is 3.24. The highest BCUT2D eigenvalue weighted by Gasteiger charge is 2.28. The Balaban J connectivity index is 3.21. The lowest BCUT2D eigenvalue weighted by Crippen LogP contribution is -2.38. The van der Waals surface area contributed by atoms with E-state index in [4.69, 9.17) is 5.84 Å². The highest BCUT2D eigenvalue weighted by Crippen LogP contribution is 2.25. The second-order valence-electron chi connectivity index (χ2n) is 4.65. The molecule has 0 bridgehead atoms. The van der Waals surface area contributed by atoms with Crippen molar-refractivity contribution in [3.05, 3.63) is 24.3 Å². The number of para-hydroxylation sites is 1. The molecule has 0 aromatic heterocycles. The summed E-state index contributed by atoms with van der Waals surface area (Å²) < 4.78 is 26.4. The molecule has 0 saturated carbocycles. The van der Waals surface area contributed by atoms with Gasteiger partial charge in [0.2, 0.25) is 10.0 Å². The first kappa shape index (κ1) is 14.9. The number of hydrogen-bond donors (Lipinski definition) is 2. The minimum atomic E-state index is -3.54. The Labute approximate surface area is 109 Å². The van der Waals surface area contributed by atoms with Crippen molar-refractivity contribution in [3.63, 3.8) is 0 Å². The molecule has 0 saturated heterocycles. The molecular weight excluding hydrogens is 250 g/mol. The lowest BCUT2D eigenvalue weighted by Gasteiger charge is -2.27. The minimum absolute atomic E-state index is 0.0826. The van der Waals surface area contributed by atoms with Crippen LogP contribution < -0.4 is 11.3 Å². The summed E-state index contributed by atoms with van der Waals surface area (Å²) in [6.07, 6.45) is 0. The van der Waals surface area contributed by atoms with Gasteiger partial charge in [-0.3, -0.25) is 5.84 Å². The van der Waals surface area contributed by atoms with E-state index in [9.17, 15) is 8.42 Å². The van der Waals surface area contributed by atoms with Gasteiger partial charge in [0.25, 0.3) is 0 Å². The number of nitrogen functional groups attached to an aromatic ring is 1. The Kier molecular flexibility index (Phi) is 4.72. The molecule has 1 aromatic carbocycles. The fourth-order valence-electron chi connectivity index (χ4n) is 1.60. The van der Waals surface area contributed by atoms with Gasteiger partial charge in [-0.2, -0.15) is 4.31 Å². The summed E-state index contributed by atoms with van der Waals surface area (Å²) in [6, 6.07) is 6.53. The van der Waals surface area contributed by atoms with Gasteiger partial charge in [0.15, 0.2) is 0 Å². The fourth-order valence-corrected chi connectivity index (χ4v) is 3.25. The van der Waals surface area contributed by atoms with E-state index in [1.54, 1.807) is 31.3 Å². The van der Waals surface area contributed by atoms with E-state index >= 15 is 0 Å². The number of hydrogen-bond acceptors (Lipinski definition) is 4. The van der Waals surface area contributed by atoms with Crippen LogP contribution >= 0.6 is 0 Å². The van der Waals surface area contributed by atoms with Gasteiger partial charge in [-0.25, -0.2) is 8.42 Å². The summed E-state index contributed by atoms with van der Waals surface area (Å²) in [6.45, 7) is 5.87. The predicted octanol–water partition coefficient (Wildman–Crippen LogP) is 1.64. The molecule has 3 N–H and O–H groups in total. The molecule has 18 heavy (non-hydrogen) atoms. The number of anilines is 1. The zero-order valence-electron chi connectivity index (χ0n) is 11.2. The average molecular weight is 271 g/mol. The van der Waals surface area contributed by atoms with E-state index in [0.717, 1.165) is 0 Å². The van der Waals surface area contributed by atoms with Crippen molar-refractivity contribution < 1.29 is 8.42 Å². The molecule has 102 valence electrons. The van der Waals surface area contributed by atoms with E-state index in [-0.39, 0.29) is 16.9 Å². The lowest BCUT2D eigenvalue weighted by atomic mass is 10.1. The number of benzene rings is 1. The Hall–Kier alpha value is -1.11. The Morgan fingerprint density at radius 2 is 1.78 bits per heavy atom. The van der Waals surface area contributed by atoms with Crippen molar-refractivity contribution in [2.24, 2.45) is 11.8 Å². The van der Waals surface area contributed by atoms with Crippen LogP contribution in [-0.4, -0.2) is 25.8 Å². The number of nitrogens with two attached hydrogens (primary N) is 1. The molecule has 1 aromatic rings. The highest BCUT2D eigenvalue weighted by molar-refractivity contribution is 7.89. The van der Waals surface area contributed by atoms with Crippen molar-refractivity contribution in [1.29, 1.82) is 0 Å². The number of nitrogens with one attached hydrogen (secondary N) is 1. The Morgan fingerprint density at radius 1 is 1.22 bits per heavy atom. The molecule has 0 radical (unpaired) electrons. The van der Waals surface area contributed by atoms with Crippen LogP contribution in [0.4, 0.5) is 5.69 Å². The van der Waals surface area contributed by atoms with Gasteiger partial charge >= 0.3 is 0 Å². The van der Waals surface area contributed by atoms with Crippen LogP contribution in [0.1, 0.15) is 20.8 Å². The van der Waals surface area contributed by atoms with Gasteiger partial charge in [0, 0.05) is 13.1 Å². The quantitative estimate of drug-likeness (QED) is 0.630. The topological polar surface area (TPSA) is 75.4 Å².